The number of para-hydroxylation sites is 2. The monoisotopic (exact) mass is 288 g/mol. The molecule has 116 valence electrons. The fraction of sp³-hybridized carbons (Fsp3) is 0.611. The molecular formula is C18H28N2O. The molecule has 1 unspecified atom stereocenters. The smallest absolute Gasteiger partial charge is 0.197 e. The van der Waals surface area contributed by atoms with E-state index in [4.69, 9.17) is 4.42 Å². The highest BCUT2D eigenvalue weighted by Gasteiger charge is 2.13. The zero-order chi connectivity index (χ0) is 14.9. The van der Waals surface area contributed by atoms with Crippen LogP contribution in [0.4, 0.5) is 0 Å². The van der Waals surface area contributed by atoms with Gasteiger partial charge < -0.3 is 9.73 Å². The number of nitrogens with zero attached hydrogens (tertiary/aromatic N) is 1. The van der Waals surface area contributed by atoms with Crippen LogP contribution in [0, 0.1) is 0 Å². The molecule has 1 N–H and O–H groups in total. The molecule has 0 amide bonds. The lowest BCUT2D eigenvalue weighted by Gasteiger charge is -2.16. The lowest BCUT2D eigenvalue weighted by Crippen LogP contribution is -2.31. The van der Waals surface area contributed by atoms with Crippen LogP contribution in [0.5, 0.6) is 0 Å². The number of hydrogen-bond acceptors (Lipinski definition) is 3. The van der Waals surface area contributed by atoms with Crippen LogP contribution in [0.2, 0.25) is 0 Å². The zero-order valence-electron chi connectivity index (χ0n) is 13.4. The number of hydrogen-bond donors (Lipinski definition) is 1. The standard InChI is InChI=1S/C18H28N2O/c1-3-5-6-7-10-15(19-13-4-2)14-18-20-16-11-8-9-12-17(16)21-18/h8-9,11-12,15,19H,3-7,10,13-14H2,1-2H3. The molecule has 21 heavy (non-hydrogen) atoms. The number of unbranched alkanes of at least 4 members (excludes halogenated alkanes) is 3. The highest BCUT2D eigenvalue weighted by molar-refractivity contribution is 5.72. The van der Waals surface area contributed by atoms with E-state index in [1.807, 2.05) is 24.3 Å². The minimum Gasteiger partial charge on any atom is -0.441 e. The molecule has 3 heteroatoms. The number of rotatable bonds is 10. The van der Waals surface area contributed by atoms with Crippen LogP contribution >= 0.6 is 0 Å². The molecule has 0 radical (unpaired) electrons. The molecule has 0 saturated carbocycles. The second-order valence-corrected chi connectivity index (χ2v) is 5.78. The van der Waals surface area contributed by atoms with Crippen molar-refractivity contribution in [3.05, 3.63) is 30.2 Å². The number of fused-ring (bicyclic) bond motifs is 1. The third kappa shape index (κ3) is 5.16. The molecule has 1 atom stereocenters. The van der Waals surface area contributed by atoms with Crippen molar-refractivity contribution in [1.82, 2.24) is 10.3 Å². The Morgan fingerprint density at radius 3 is 2.71 bits per heavy atom. The van der Waals surface area contributed by atoms with Gasteiger partial charge >= 0.3 is 0 Å². The van der Waals surface area contributed by atoms with Gasteiger partial charge in [0.25, 0.3) is 0 Å². The van der Waals surface area contributed by atoms with E-state index in [0.29, 0.717) is 6.04 Å². The summed E-state index contributed by atoms with van der Waals surface area (Å²) in [6, 6.07) is 8.48. The first-order valence-corrected chi connectivity index (χ1v) is 8.41. The number of benzene rings is 1. The van der Waals surface area contributed by atoms with Gasteiger partial charge in [0.05, 0.1) is 0 Å². The van der Waals surface area contributed by atoms with E-state index in [9.17, 15) is 0 Å². The van der Waals surface area contributed by atoms with Crippen molar-refractivity contribution < 1.29 is 4.42 Å². The Bertz CT molecular complexity index is 488. The molecular weight excluding hydrogens is 260 g/mol. The van der Waals surface area contributed by atoms with Crippen molar-refractivity contribution in [3.63, 3.8) is 0 Å². The fourth-order valence-electron chi connectivity index (χ4n) is 2.66. The first-order valence-electron chi connectivity index (χ1n) is 8.41. The van der Waals surface area contributed by atoms with Gasteiger partial charge in [0.2, 0.25) is 0 Å². The van der Waals surface area contributed by atoms with Gasteiger partial charge in [-0.2, -0.15) is 0 Å². The highest BCUT2D eigenvalue weighted by Crippen LogP contribution is 2.17. The highest BCUT2D eigenvalue weighted by atomic mass is 16.3. The van der Waals surface area contributed by atoms with E-state index in [-0.39, 0.29) is 0 Å². The quantitative estimate of drug-likeness (QED) is 0.643. The minimum absolute atomic E-state index is 0.481. The molecule has 0 bridgehead atoms. The van der Waals surface area contributed by atoms with Gasteiger partial charge in [-0.05, 0) is 31.5 Å². The molecule has 0 fully saturated rings. The largest absolute Gasteiger partial charge is 0.441 e. The lowest BCUT2D eigenvalue weighted by molar-refractivity contribution is 0.412. The molecule has 2 aromatic rings. The number of aromatic nitrogens is 1. The molecule has 0 spiro atoms. The van der Waals surface area contributed by atoms with Crippen molar-refractivity contribution >= 4 is 11.1 Å². The first-order chi connectivity index (χ1) is 10.3. The maximum Gasteiger partial charge on any atom is 0.197 e. The van der Waals surface area contributed by atoms with Crippen LogP contribution in [0.1, 0.15) is 58.3 Å². The van der Waals surface area contributed by atoms with Gasteiger partial charge in [0, 0.05) is 12.5 Å². The Morgan fingerprint density at radius 1 is 1.10 bits per heavy atom. The van der Waals surface area contributed by atoms with Gasteiger partial charge in [-0.1, -0.05) is 51.7 Å². The Balaban J connectivity index is 1.92. The average molecular weight is 288 g/mol. The Kier molecular flexibility index (Phi) is 6.74. The van der Waals surface area contributed by atoms with Gasteiger partial charge in [0.1, 0.15) is 5.52 Å². The van der Waals surface area contributed by atoms with Gasteiger partial charge in [-0.3, -0.25) is 0 Å². The lowest BCUT2D eigenvalue weighted by atomic mass is 10.0. The summed E-state index contributed by atoms with van der Waals surface area (Å²) in [5.74, 6) is 0.861. The van der Waals surface area contributed by atoms with E-state index in [1.165, 1.54) is 38.5 Å². The summed E-state index contributed by atoms with van der Waals surface area (Å²) in [7, 11) is 0. The van der Waals surface area contributed by atoms with Crippen LogP contribution in [-0.4, -0.2) is 17.6 Å². The predicted molar refractivity (Wildman–Crippen MR) is 88.6 cm³/mol. The molecule has 2 rings (SSSR count). The second kappa shape index (κ2) is 8.83. The van der Waals surface area contributed by atoms with Crippen LogP contribution in [0.3, 0.4) is 0 Å². The maximum absolute atomic E-state index is 5.85. The van der Waals surface area contributed by atoms with Crippen molar-refractivity contribution in [1.29, 1.82) is 0 Å². The maximum atomic E-state index is 5.85. The predicted octanol–water partition coefficient (Wildman–Crippen LogP) is 4.71. The first kappa shape index (κ1) is 16.0. The van der Waals surface area contributed by atoms with Crippen molar-refractivity contribution in [3.8, 4) is 0 Å². The topological polar surface area (TPSA) is 38.1 Å². The summed E-state index contributed by atoms with van der Waals surface area (Å²) in [5.41, 5.74) is 1.86. The van der Waals surface area contributed by atoms with Crippen LogP contribution in [0.25, 0.3) is 11.1 Å². The third-order valence-electron chi connectivity index (χ3n) is 3.85. The molecule has 1 heterocycles. The van der Waals surface area contributed by atoms with Gasteiger partial charge in [0.15, 0.2) is 11.5 Å². The molecule has 0 aliphatic rings. The van der Waals surface area contributed by atoms with Gasteiger partial charge in [-0.25, -0.2) is 4.98 Å². The van der Waals surface area contributed by atoms with E-state index >= 15 is 0 Å². The van der Waals surface area contributed by atoms with Crippen LogP contribution in [-0.2, 0) is 6.42 Å². The van der Waals surface area contributed by atoms with E-state index in [2.05, 4.69) is 24.1 Å². The molecule has 1 aromatic heterocycles. The Hall–Kier alpha value is -1.35. The summed E-state index contributed by atoms with van der Waals surface area (Å²) >= 11 is 0. The molecule has 0 aliphatic carbocycles. The summed E-state index contributed by atoms with van der Waals surface area (Å²) in [6.07, 6.45) is 8.50. The molecule has 0 aliphatic heterocycles. The normalized spacial score (nSPS) is 12.9. The molecule has 1 aromatic carbocycles. The number of oxazole rings is 1. The molecule has 3 nitrogen and oxygen atoms in total. The summed E-state index contributed by atoms with van der Waals surface area (Å²) < 4.78 is 5.85. The van der Waals surface area contributed by atoms with E-state index in [0.717, 1.165) is 30.0 Å². The summed E-state index contributed by atoms with van der Waals surface area (Å²) in [5, 5.41) is 3.64. The summed E-state index contributed by atoms with van der Waals surface area (Å²) in [6.45, 7) is 5.53. The number of nitrogens with one attached hydrogen (secondary N) is 1. The van der Waals surface area contributed by atoms with E-state index < -0.39 is 0 Å². The van der Waals surface area contributed by atoms with Crippen LogP contribution in [0.15, 0.2) is 28.7 Å². The minimum atomic E-state index is 0.481. The fourth-order valence-corrected chi connectivity index (χ4v) is 2.66. The average Bonchev–Trinajstić information content (AvgIpc) is 2.91. The molecule has 0 saturated heterocycles. The van der Waals surface area contributed by atoms with Crippen molar-refractivity contribution in [2.24, 2.45) is 0 Å². The van der Waals surface area contributed by atoms with Gasteiger partial charge in [-0.15, -0.1) is 0 Å². The van der Waals surface area contributed by atoms with Crippen molar-refractivity contribution in [2.75, 3.05) is 6.54 Å². The third-order valence-corrected chi connectivity index (χ3v) is 3.85. The Labute approximate surface area is 128 Å². The van der Waals surface area contributed by atoms with Crippen LogP contribution < -0.4 is 5.32 Å². The summed E-state index contributed by atoms with van der Waals surface area (Å²) in [4.78, 5) is 4.60. The second-order valence-electron chi connectivity index (χ2n) is 5.78. The zero-order valence-corrected chi connectivity index (χ0v) is 13.4. The van der Waals surface area contributed by atoms with E-state index in [1.54, 1.807) is 0 Å². The Morgan fingerprint density at radius 2 is 1.95 bits per heavy atom. The SMILES string of the molecule is CCCCCCC(Cc1nc2ccccc2o1)NCCC. The van der Waals surface area contributed by atoms with Crippen molar-refractivity contribution in [2.45, 2.75) is 64.8 Å².